The minimum absolute atomic E-state index is 0.0878. The van der Waals surface area contributed by atoms with Crippen molar-refractivity contribution < 1.29 is 9.53 Å². The van der Waals surface area contributed by atoms with Gasteiger partial charge in [-0.3, -0.25) is 4.79 Å². The van der Waals surface area contributed by atoms with E-state index in [-0.39, 0.29) is 5.91 Å². The third-order valence-electron chi connectivity index (χ3n) is 4.24. The van der Waals surface area contributed by atoms with Gasteiger partial charge < -0.3 is 10.1 Å². The Morgan fingerprint density at radius 2 is 1.96 bits per heavy atom. The molecule has 0 radical (unpaired) electrons. The van der Waals surface area contributed by atoms with Crippen LogP contribution in [-0.2, 0) is 21.7 Å². The van der Waals surface area contributed by atoms with Crippen LogP contribution < -0.4 is 5.32 Å². The number of nitrogens with one attached hydrogen (secondary N) is 1. The molecule has 0 aliphatic carbocycles. The summed E-state index contributed by atoms with van der Waals surface area (Å²) in [5.41, 5.74) is 3.38. The molecule has 1 aromatic heterocycles. The van der Waals surface area contributed by atoms with E-state index in [0.29, 0.717) is 6.61 Å². The third-order valence-corrected chi connectivity index (χ3v) is 5.31. The molecule has 26 heavy (non-hydrogen) atoms. The first-order valence-corrected chi connectivity index (χ1v) is 9.29. The van der Waals surface area contributed by atoms with Gasteiger partial charge in [0.2, 0.25) is 5.91 Å². The Labute approximate surface area is 157 Å². The van der Waals surface area contributed by atoms with Crippen molar-refractivity contribution in [2.75, 3.05) is 7.11 Å². The van der Waals surface area contributed by atoms with Crippen LogP contribution in [0, 0.1) is 0 Å². The highest BCUT2D eigenvalue weighted by molar-refractivity contribution is 7.10. The second kappa shape index (κ2) is 7.81. The maximum Gasteiger partial charge on any atom is 0.217 e. The van der Waals surface area contributed by atoms with E-state index in [0.717, 1.165) is 27.4 Å². The molecule has 3 rings (SSSR count). The average Bonchev–Trinajstić information content (AvgIpc) is 3.13. The highest BCUT2D eigenvalue weighted by atomic mass is 32.1. The monoisotopic (exact) mass is 366 g/mol. The quantitative estimate of drug-likeness (QED) is 0.705. The Morgan fingerprint density at radius 1 is 1.19 bits per heavy atom. The predicted octanol–water partition coefficient (Wildman–Crippen LogP) is 4.36. The molecule has 1 heterocycles. The van der Waals surface area contributed by atoms with Gasteiger partial charge in [-0.1, -0.05) is 48.5 Å². The number of benzene rings is 2. The van der Waals surface area contributed by atoms with Crippen molar-refractivity contribution in [3.63, 3.8) is 0 Å². The smallest absolute Gasteiger partial charge is 0.217 e. The number of thiazole rings is 1. The predicted molar refractivity (Wildman–Crippen MR) is 105 cm³/mol. The van der Waals surface area contributed by atoms with Gasteiger partial charge in [-0.05, 0) is 24.1 Å². The van der Waals surface area contributed by atoms with Crippen molar-refractivity contribution in [1.29, 1.82) is 0 Å². The lowest BCUT2D eigenvalue weighted by Crippen LogP contribution is -2.43. The molecular formula is C21H22N2O2S. The van der Waals surface area contributed by atoms with E-state index < -0.39 is 5.54 Å². The summed E-state index contributed by atoms with van der Waals surface area (Å²) in [5, 5.41) is 5.96. The van der Waals surface area contributed by atoms with Crippen LogP contribution in [0.3, 0.4) is 0 Å². The summed E-state index contributed by atoms with van der Waals surface area (Å²) >= 11 is 1.55. The summed E-state index contributed by atoms with van der Waals surface area (Å²) in [6.07, 6.45) is 0. The van der Waals surface area contributed by atoms with Gasteiger partial charge in [0.25, 0.3) is 0 Å². The molecule has 0 saturated carbocycles. The zero-order chi connectivity index (χ0) is 18.6. The van der Waals surface area contributed by atoms with Crippen molar-refractivity contribution in [1.82, 2.24) is 10.3 Å². The van der Waals surface area contributed by atoms with Crippen LogP contribution in [0.2, 0.25) is 0 Å². The first-order valence-electron chi connectivity index (χ1n) is 8.41. The Bertz CT molecular complexity index is 892. The number of nitrogens with zero attached hydrogens (tertiary/aromatic N) is 1. The third kappa shape index (κ3) is 3.84. The Balaban J connectivity index is 2.00. The van der Waals surface area contributed by atoms with E-state index in [4.69, 9.17) is 9.72 Å². The van der Waals surface area contributed by atoms with Gasteiger partial charge in [-0.2, -0.15) is 0 Å². The molecule has 3 aromatic rings. The fourth-order valence-electron chi connectivity index (χ4n) is 3.00. The standard InChI is InChI=1S/C21H22N2O2S/c1-15(24)23-21(2,18-10-5-4-6-11-18)20-22-19(14-26-20)17-9-7-8-16(12-17)13-25-3/h4-12,14H,13H2,1-3H3,(H,23,24). The van der Waals surface area contributed by atoms with Crippen LogP contribution >= 0.6 is 11.3 Å². The summed E-state index contributed by atoms with van der Waals surface area (Å²) in [4.78, 5) is 16.7. The summed E-state index contributed by atoms with van der Waals surface area (Å²) in [5.74, 6) is -0.0878. The number of hydrogen-bond acceptors (Lipinski definition) is 4. The van der Waals surface area contributed by atoms with Crippen LogP contribution in [0.1, 0.15) is 30.0 Å². The van der Waals surface area contributed by atoms with Crippen LogP contribution in [0.5, 0.6) is 0 Å². The maximum absolute atomic E-state index is 11.9. The van der Waals surface area contributed by atoms with Gasteiger partial charge in [0, 0.05) is 25.0 Å². The largest absolute Gasteiger partial charge is 0.380 e. The Morgan fingerprint density at radius 3 is 2.65 bits per heavy atom. The maximum atomic E-state index is 11.9. The summed E-state index contributed by atoms with van der Waals surface area (Å²) in [6.45, 7) is 4.09. The summed E-state index contributed by atoms with van der Waals surface area (Å²) in [6, 6.07) is 18.1. The molecule has 1 N–H and O–H groups in total. The van der Waals surface area contributed by atoms with Gasteiger partial charge in [0.1, 0.15) is 10.5 Å². The van der Waals surface area contributed by atoms with Crippen molar-refractivity contribution in [2.24, 2.45) is 0 Å². The van der Waals surface area contributed by atoms with Gasteiger partial charge in [0.05, 0.1) is 12.3 Å². The number of hydrogen-bond donors (Lipinski definition) is 1. The van der Waals surface area contributed by atoms with Crippen molar-refractivity contribution in [3.05, 3.63) is 76.1 Å². The molecule has 1 atom stereocenters. The fourth-order valence-corrected chi connectivity index (χ4v) is 3.96. The van der Waals surface area contributed by atoms with E-state index in [2.05, 4.69) is 11.4 Å². The van der Waals surface area contributed by atoms with E-state index >= 15 is 0 Å². The molecule has 0 aliphatic heterocycles. The molecular weight excluding hydrogens is 344 g/mol. The van der Waals surface area contributed by atoms with E-state index in [1.54, 1.807) is 18.4 Å². The molecule has 1 amide bonds. The second-order valence-electron chi connectivity index (χ2n) is 6.34. The molecule has 0 saturated heterocycles. The lowest BCUT2D eigenvalue weighted by Gasteiger charge is -2.29. The number of aromatic nitrogens is 1. The number of carbonyl (C=O) groups excluding carboxylic acids is 1. The first kappa shape index (κ1) is 18.3. The topological polar surface area (TPSA) is 51.2 Å². The first-order chi connectivity index (χ1) is 12.5. The van der Waals surface area contributed by atoms with Crippen molar-refractivity contribution in [3.8, 4) is 11.3 Å². The molecule has 4 nitrogen and oxygen atoms in total. The van der Waals surface area contributed by atoms with Crippen LogP contribution in [-0.4, -0.2) is 18.0 Å². The van der Waals surface area contributed by atoms with Gasteiger partial charge in [-0.25, -0.2) is 4.98 Å². The Hall–Kier alpha value is -2.50. The van der Waals surface area contributed by atoms with Crippen molar-refractivity contribution in [2.45, 2.75) is 26.0 Å². The second-order valence-corrected chi connectivity index (χ2v) is 7.20. The summed E-state index contributed by atoms with van der Waals surface area (Å²) in [7, 11) is 1.69. The van der Waals surface area contributed by atoms with Gasteiger partial charge in [-0.15, -0.1) is 11.3 Å². The normalized spacial score (nSPS) is 13.2. The number of rotatable bonds is 6. The van der Waals surface area contributed by atoms with E-state index in [1.165, 1.54) is 6.92 Å². The zero-order valence-corrected chi connectivity index (χ0v) is 16.0. The number of ether oxygens (including phenoxy) is 1. The molecule has 0 spiro atoms. The molecule has 0 fully saturated rings. The SMILES string of the molecule is COCc1cccc(-c2csc(C(C)(NC(C)=O)c3ccccc3)n2)c1. The lowest BCUT2D eigenvalue weighted by atomic mass is 9.92. The van der Waals surface area contributed by atoms with E-state index in [1.807, 2.05) is 60.8 Å². The minimum atomic E-state index is -0.667. The van der Waals surface area contributed by atoms with Gasteiger partial charge >= 0.3 is 0 Å². The van der Waals surface area contributed by atoms with Gasteiger partial charge in [0.15, 0.2) is 0 Å². The molecule has 1 unspecified atom stereocenters. The molecule has 0 bridgehead atoms. The highest BCUT2D eigenvalue weighted by Crippen LogP contribution is 2.34. The number of amides is 1. The average molecular weight is 366 g/mol. The molecule has 5 heteroatoms. The van der Waals surface area contributed by atoms with Crippen molar-refractivity contribution >= 4 is 17.2 Å². The Kier molecular flexibility index (Phi) is 5.49. The molecule has 134 valence electrons. The molecule has 2 aromatic carbocycles. The van der Waals surface area contributed by atoms with Crippen LogP contribution in [0.4, 0.5) is 0 Å². The fraction of sp³-hybridized carbons (Fsp3) is 0.238. The minimum Gasteiger partial charge on any atom is -0.380 e. The van der Waals surface area contributed by atoms with E-state index in [9.17, 15) is 4.79 Å². The van der Waals surface area contributed by atoms with Crippen LogP contribution in [0.15, 0.2) is 60.0 Å². The summed E-state index contributed by atoms with van der Waals surface area (Å²) < 4.78 is 5.21. The molecule has 0 aliphatic rings. The number of carbonyl (C=O) groups is 1. The zero-order valence-electron chi connectivity index (χ0n) is 15.2. The van der Waals surface area contributed by atoms with Crippen LogP contribution in [0.25, 0.3) is 11.3 Å². The lowest BCUT2D eigenvalue weighted by molar-refractivity contribution is -0.120. The highest BCUT2D eigenvalue weighted by Gasteiger charge is 2.33. The number of methoxy groups -OCH3 is 1.